The van der Waals surface area contributed by atoms with Crippen LogP contribution >= 0.6 is 0 Å². The zero-order valence-electron chi connectivity index (χ0n) is 17.2. The van der Waals surface area contributed by atoms with E-state index in [1.807, 2.05) is 26.0 Å². The summed E-state index contributed by atoms with van der Waals surface area (Å²) >= 11 is 0. The number of rotatable bonds is 7. The van der Waals surface area contributed by atoms with E-state index < -0.39 is 10.9 Å². The van der Waals surface area contributed by atoms with Gasteiger partial charge in [-0.3, -0.25) is 14.4 Å². The van der Waals surface area contributed by atoms with Gasteiger partial charge in [0.1, 0.15) is 22.9 Å². The summed E-state index contributed by atoms with van der Waals surface area (Å²) < 4.78 is 5.62. The highest BCUT2D eigenvalue weighted by Crippen LogP contribution is 2.33. The Morgan fingerprint density at radius 2 is 1.80 bits per heavy atom. The molecule has 1 amide bonds. The molecule has 3 rings (SSSR count). The van der Waals surface area contributed by atoms with E-state index in [9.17, 15) is 19.5 Å². The molecule has 1 atom stereocenters. The van der Waals surface area contributed by atoms with Gasteiger partial charge in [-0.1, -0.05) is 13.0 Å². The molecule has 3 aromatic rings. The second-order valence-corrected chi connectivity index (χ2v) is 6.99. The molecule has 0 aliphatic rings. The highest BCUT2D eigenvalue weighted by molar-refractivity contribution is 5.99. The Labute approximate surface area is 172 Å². The Hall–Kier alpha value is -3.59. The summed E-state index contributed by atoms with van der Waals surface area (Å²) in [5.74, 6) is 0.730. The van der Waals surface area contributed by atoms with Crippen LogP contribution in [0.1, 0.15) is 41.3 Å². The number of nitrogens with zero attached hydrogens (tertiary/aromatic N) is 1. The minimum atomic E-state index is -0.693. The Morgan fingerprint density at radius 1 is 1.13 bits per heavy atom. The van der Waals surface area contributed by atoms with E-state index in [0.29, 0.717) is 12.2 Å². The van der Waals surface area contributed by atoms with Gasteiger partial charge < -0.3 is 30.5 Å². The second kappa shape index (κ2) is 8.83. The summed E-state index contributed by atoms with van der Waals surface area (Å²) in [6.45, 7) is 3.75. The molecule has 0 saturated heterocycles. The van der Waals surface area contributed by atoms with Gasteiger partial charge in [-0.2, -0.15) is 0 Å². The van der Waals surface area contributed by atoms with Gasteiger partial charge in [-0.25, -0.2) is 0 Å². The Balaban J connectivity index is 0.00000320. The lowest BCUT2D eigenvalue weighted by molar-refractivity contribution is 0.0824. The van der Waals surface area contributed by atoms with Crippen LogP contribution in [0.15, 0.2) is 44.3 Å². The molecule has 0 saturated carbocycles. The van der Waals surface area contributed by atoms with Crippen molar-refractivity contribution in [2.24, 2.45) is 0 Å². The van der Waals surface area contributed by atoms with Gasteiger partial charge in [0.05, 0.1) is 17.3 Å². The number of hydrogen-bond acceptors (Lipinski definition) is 7. The van der Waals surface area contributed by atoms with Crippen molar-refractivity contribution in [1.29, 1.82) is 0 Å². The van der Waals surface area contributed by atoms with Gasteiger partial charge in [-0.15, -0.1) is 0 Å². The SMILES string of the molecule is CCC(Nc1c(Nc2cccc(C(=O)N(C)C)c2O)c(=O)c1=O)c1ccc(C)o1.O. The predicted octanol–water partition coefficient (Wildman–Crippen LogP) is 2.07. The molecule has 5 N–H and O–H groups in total. The molecule has 1 unspecified atom stereocenters. The van der Waals surface area contributed by atoms with Crippen LogP contribution in [-0.2, 0) is 0 Å². The molecule has 0 bridgehead atoms. The number of amides is 1. The fourth-order valence-corrected chi connectivity index (χ4v) is 3.03. The Bertz CT molecular complexity index is 1120. The van der Waals surface area contributed by atoms with E-state index in [-0.39, 0.29) is 45.8 Å². The zero-order valence-corrected chi connectivity index (χ0v) is 17.2. The number of carbonyl (C=O) groups is 1. The number of benzene rings is 1. The monoisotopic (exact) mass is 415 g/mol. The minimum absolute atomic E-state index is 0. The molecule has 30 heavy (non-hydrogen) atoms. The molecule has 9 heteroatoms. The number of nitrogens with one attached hydrogen (secondary N) is 2. The number of furan rings is 1. The smallest absolute Gasteiger partial charge is 0.257 e. The first-order valence-electron chi connectivity index (χ1n) is 9.21. The topological polar surface area (TPSA) is 143 Å². The van der Waals surface area contributed by atoms with Crippen molar-refractivity contribution < 1.29 is 19.8 Å². The first kappa shape index (κ1) is 22.7. The van der Waals surface area contributed by atoms with Gasteiger partial charge in [0.15, 0.2) is 5.75 Å². The van der Waals surface area contributed by atoms with E-state index in [4.69, 9.17) is 4.42 Å². The van der Waals surface area contributed by atoms with Crippen LogP contribution in [0.5, 0.6) is 5.75 Å². The minimum Gasteiger partial charge on any atom is -0.505 e. The quantitative estimate of drug-likeness (QED) is 0.396. The van der Waals surface area contributed by atoms with Gasteiger partial charge in [0.25, 0.3) is 16.8 Å². The lowest BCUT2D eigenvalue weighted by atomic mass is 10.1. The average molecular weight is 415 g/mol. The highest BCUT2D eigenvalue weighted by atomic mass is 16.3. The maximum atomic E-state index is 12.2. The largest absolute Gasteiger partial charge is 0.505 e. The number of hydrogen-bond donors (Lipinski definition) is 3. The lowest BCUT2D eigenvalue weighted by Crippen LogP contribution is -2.37. The molecule has 0 fully saturated rings. The normalized spacial score (nSPS) is 11.6. The number of phenols is 1. The van der Waals surface area contributed by atoms with Crippen LogP contribution < -0.4 is 21.5 Å². The van der Waals surface area contributed by atoms with Crippen LogP contribution in [0.25, 0.3) is 0 Å². The molecular formula is C21H25N3O6. The fraction of sp³-hybridized carbons (Fsp3) is 0.286. The molecule has 0 radical (unpaired) electrons. The number of carbonyl (C=O) groups excluding carboxylic acids is 1. The molecule has 0 aliphatic carbocycles. The third kappa shape index (κ3) is 4.06. The molecule has 1 aromatic heterocycles. The average Bonchev–Trinajstić information content (AvgIpc) is 3.13. The van der Waals surface area contributed by atoms with Crippen molar-refractivity contribution in [3.05, 3.63) is 67.9 Å². The van der Waals surface area contributed by atoms with Crippen LogP contribution in [0.3, 0.4) is 0 Å². The number of anilines is 3. The molecule has 1 heterocycles. The van der Waals surface area contributed by atoms with Crippen molar-refractivity contribution in [2.75, 3.05) is 24.7 Å². The highest BCUT2D eigenvalue weighted by Gasteiger charge is 2.26. The molecule has 0 aliphatic heterocycles. The van der Waals surface area contributed by atoms with E-state index in [1.54, 1.807) is 20.2 Å². The van der Waals surface area contributed by atoms with Crippen LogP contribution in [0.4, 0.5) is 17.1 Å². The predicted molar refractivity (Wildman–Crippen MR) is 114 cm³/mol. The summed E-state index contributed by atoms with van der Waals surface area (Å²) in [4.78, 5) is 37.8. The number of phenolic OH excluding ortho intramolecular Hbond substituents is 1. The van der Waals surface area contributed by atoms with Crippen molar-refractivity contribution >= 4 is 23.0 Å². The lowest BCUT2D eigenvalue weighted by Gasteiger charge is -2.21. The van der Waals surface area contributed by atoms with Gasteiger partial charge in [-0.05, 0) is 37.6 Å². The number of aromatic hydroxyl groups is 1. The van der Waals surface area contributed by atoms with Crippen molar-refractivity contribution in [3.8, 4) is 5.75 Å². The summed E-state index contributed by atoms with van der Waals surface area (Å²) in [5, 5.41) is 16.3. The van der Waals surface area contributed by atoms with E-state index in [0.717, 1.165) is 5.76 Å². The van der Waals surface area contributed by atoms with E-state index in [1.165, 1.54) is 17.0 Å². The molecular weight excluding hydrogens is 390 g/mol. The summed E-state index contributed by atoms with van der Waals surface area (Å²) in [6.07, 6.45) is 0.628. The maximum Gasteiger partial charge on any atom is 0.257 e. The molecule has 9 nitrogen and oxygen atoms in total. The van der Waals surface area contributed by atoms with Crippen molar-refractivity contribution in [3.63, 3.8) is 0 Å². The summed E-state index contributed by atoms with van der Waals surface area (Å²) in [6, 6.07) is 7.94. The van der Waals surface area contributed by atoms with E-state index in [2.05, 4.69) is 10.6 Å². The molecule has 2 aromatic carbocycles. The third-order valence-electron chi connectivity index (χ3n) is 4.67. The third-order valence-corrected chi connectivity index (χ3v) is 4.67. The standard InChI is InChI=1S/C21H23N3O5.H2O/c1-5-13(15-10-9-11(2)29-15)22-16-17(20(27)19(16)26)23-14-8-6-7-12(18(14)25)21(28)24(3)4;/h6-10,13,22-23,25H,5H2,1-4H3;1H2. The first-order chi connectivity index (χ1) is 13.7. The number of para-hydroxylation sites is 1. The van der Waals surface area contributed by atoms with Gasteiger partial charge >= 0.3 is 0 Å². The van der Waals surface area contributed by atoms with Crippen molar-refractivity contribution in [1.82, 2.24) is 4.90 Å². The van der Waals surface area contributed by atoms with Crippen LogP contribution in [-0.4, -0.2) is 35.5 Å². The summed E-state index contributed by atoms with van der Waals surface area (Å²) in [7, 11) is 3.14. The van der Waals surface area contributed by atoms with Crippen LogP contribution in [0.2, 0.25) is 0 Å². The number of aryl methyl sites for hydroxylation is 1. The van der Waals surface area contributed by atoms with Gasteiger partial charge in [0.2, 0.25) is 0 Å². The Morgan fingerprint density at radius 3 is 2.37 bits per heavy atom. The zero-order chi connectivity index (χ0) is 21.3. The Kier molecular flexibility index (Phi) is 6.68. The first-order valence-corrected chi connectivity index (χ1v) is 9.21. The second-order valence-electron chi connectivity index (χ2n) is 6.99. The van der Waals surface area contributed by atoms with Crippen molar-refractivity contribution in [2.45, 2.75) is 26.3 Å². The maximum absolute atomic E-state index is 12.2. The molecule has 160 valence electrons. The van der Waals surface area contributed by atoms with Gasteiger partial charge in [0, 0.05) is 14.1 Å². The summed E-state index contributed by atoms with van der Waals surface area (Å²) in [5.41, 5.74) is -0.919. The molecule has 0 spiro atoms. The van der Waals surface area contributed by atoms with E-state index >= 15 is 0 Å². The van der Waals surface area contributed by atoms with Crippen LogP contribution in [0, 0.1) is 6.92 Å². The fourth-order valence-electron chi connectivity index (χ4n) is 3.03.